The van der Waals surface area contributed by atoms with Crippen molar-refractivity contribution in [2.45, 2.75) is 30.6 Å². The summed E-state index contributed by atoms with van der Waals surface area (Å²) < 4.78 is 45.6. The molecule has 11 heteroatoms. The predicted molar refractivity (Wildman–Crippen MR) is 136 cm³/mol. The lowest BCUT2D eigenvalue weighted by Gasteiger charge is -2.14. The van der Waals surface area contributed by atoms with Gasteiger partial charge in [0.1, 0.15) is 5.75 Å². The molecule has 0 fully saturated rings. The van der Waals surface area contributed by atoms with E-state index in [1.165, 1.54) is 11.8 Å². The number of amides is 1. The fourth-order valence-electron chi connectivity index (χ4n) is 3.56. The van der Waals surface area contributed by atoms with Gasteiger partial charge in [-0.2, -0.15) is 13.2 Å². The minimum absolute atomic E-state index is 0.00146. The van der Waals surface area contributed by atoms with Crippen molar-refractivity contribution in [1.29, 1.82) is 0 Å². The SMILES string of the molecule is COc1cccc(CSc2nnc(CNC(=O)c3ccc(C(F)(F)F)cc3)n2-c2cc(Cl)ccc2C)c1. The molecule has 1 aromatic heterocycles. The van der Waals surface area contributed by atoms with Gasteiger partial charge in [0.05, 0.1) is 24.9 Å². The van der Waals surface area contributed by atoms with E-state index in [1.54, 1.807) is 19.2 Å². The molecule has 37 heavy (non-hydrogen) atoms. The number of nitrogens with zero attached hydrogens (tertiary/aromatic N) is 3. The molecule has 0 aliphatic rings. The first-order valence-electron chi connectivity index (χ1n) is 11.1. The number of rotatable bonds is 8. The summed E-state index contributed by atoms with van der Waals surface area (Å²) in [5.41, 5.74) is 1.98. The molecule has 4 rings (SSSR count). The van der Waals surface area contributed by atoms with E-state index in [0.717, 1.165) is 46.8 Å². The number of hydrogen-bond acceptors (Lipinski definition) is 5. The first-order valence-corrected chi connectivity index (χ1v) is 12.4. The standard InChI is InChI=1S/C26H22ClF3N4O2S/c1-16-6-11-20(27)13-22(16)34-23(14-31-24(35)18-7-9-19(10-8-18)26(28,29)30)32-33-25(34)37-15-17-4-3-5-21(12-17)36-2/h3-13H,14-15H2,1-2H3,(H,31,35). The third kappa shape index (κ3) is 6.44. The Morgan fingerprint density at radius 2 is 1.84 bits per heavy atom. The smallest absolute Gasteiger partial charge is 0.416 e. The van der Waals surface area contributed by atoms with Gasteiger partial charge >= 0.3 is 6.18 Å². The van der Waals surface area contributed by atoms with Crippen LogP contribution in [-0.4, -0.2) is 27.8 Å². The molecular weight excluding hydrogens is 525 g/mol. The molecule has 0 aliphatic carbocycles. The van der Waals surface area contributed by atoms with Crippen LogP contribution >= 0.6 is 23.4 Å². The van der Waals surface area contributed by atoms with E-state index >= 15 is 0 Å². The maximum atomic E-state index is 12.8. The summed E-state index contributed by atoms with van der Waals surface area (Å²) in [6.07, 6.45) is -4.47. The van der Waals surface area contributed by atoms with Gasteiger partial charge in [0.2, 0.25) is 0 Å². The fraction of sp³-hybridized carbons (Fsp3) is 0.192. The summed E-state index contributed by atoms with van der Waals surface area (Å²) in [5, 5.41) is 12.5. The molecule has 0 aliphatic heterocycles. The molecule has 0 radical (unpaired) electrons. The van der Waals surface area contributed by atoms with Gasteiger partial charge in [-0.05, 0) is 66.6 Å². The maximum Gasteiger partial charge on any atom is 0.416 e. The number of hydrogen-bond donors (Lipinski definition) is 1. The quantitative estimate of drug-likeness (QED) is 0.256. The summed E-state index contributed by atoms with van der Waals surface area (Å²) in [7, 11) is 1.61. The van der Waals surface area contributed by atoms with Crippen LogP contribution in [0.5, 0.6) is 5.75 Å². The average molecular weight is 547 g/mol. The molecule has 0 saturated heterocycles. The molecule has 0 unspecified atom stereocenters. The Labute approximate surface area is 220 Å². The minimum atomic E-state index is -4.47. The van der Waals surface area contributed by atoms with Crippen LogP contribution in [0.25, 0.3) is 5.69 Å². The van der Waals surface area contributed by atoms with E-state index in [9.17, 15) is 18.0 Å². The topological polar surface area (TPSA) is 69.0 Å². The Balaban J connectivity index is 1.58. The number of methoxy groups -OCH3 is 1. The van der Waals surface area contributed by atoms with Crippen LogP contribution in [0.3, 0.4) is 0 Å². The number of ether oxygens (including phenoxy) is 1. The normalized spacial score (nSPS) is 11.4. The molecule has 6 nitrogen and oxygen atoms in total. The molecule has 1 amide bonds. The van der Waals surface area contributed by atoms with E-state index in [2.05, 4.69) is 15.5 Å². The Morgan fingerprint density at radius 1 is 1.08 bits per heavy atom. The Morgan fingerprint density at radius 3 is 2.54 bits per heavy atom. The second-order valence-corrected chi connectivity index (χ2v) is 9.44. The van der Waals surface area contributed by atoms with Crippen LogP contribution in [0.4, 0.5) is 13.2 Å². The van der Waals surface area contributed by atoms with Crippen molar-refractivity contribution < 1.29 is 22.7 Å². The van der Waals surface area contributed by atoms with Gasteiger partial charge in [-0.15, -0.1) is 10.2 Å². The summed E-state index contributed by atoms with van der Waals surface area (Å²) in [4.78, 5) is 12.6. The zero-order valence-corrected chi connectivity index (χ0v) is 21.4. The molecule has 0 saturated carbocycles. The van der Waals surface area contributed by atoms with Gasteiger partial charge < -0.3 is 10.1 Å². The van der Waals surface area contributed by atoms with Crippen molar-refractivity contribution in [2.75, 3.05) is 7.11 Å². The number of alkyl halides is 3. The molecule has 1 N–H and O–H groups in total. The molecule has 0 atom stereocenters. The molecule has 4 aromatic rings. The third-order valence-electron chi connectivity index (χ3n) is 5.50. The number of halogens is 4. The summed E-state index contributed by atoms with van der Waals surface area (Å²) >= 11 is 7.73. The van der Waals surface area contributed by atoms with Gasteiger partial charge in [-0.25, -0.2) is 0 Å². The molecule has 0 bridgehead atoms. The number of aryl methyl sites for hydroxylation is 1. The first kappa shape index (κ1) is 26.6. The van der Waals surface area contributed by atoms with Crippen molar-refractivity contribution >= 4 is 29.3 Å². The van der Waals surface area contributed by atoms with E-state index in [0.29, 0.717) is 21.8 Å². The Hall–Kier alpha value is -3.50. The lowest BCUT2D eigenvalue weighted by Crippen LogP contribution is -2.25. The van der Waals surface area contributed by atoms with E-state index in [1.807, 2.05) is 41.8 Å². The van der Waals surface area contributed by atoms with E-state index < -0.39 is 17.6 Å². The maximum absolute atomic E-state index is 12.8. The minimum Gasteiger partial charge on any atom is -0.497 e. The van der Waals surface area contributed by atoms with Gasteiger partial charge in [-0.3, -0.25) is 9.36 Å². The largest absolute Gasteiger partial charge is 0.497 e. The van der Waals surface area contributed by atoms with E-state index in [4.69, 9.17) is 16.3 Å². The van der Waals surface area contributed by atoms with Gasteiger partial charge in [0, 0.05) is 16.3 Å². The second kappa shape index (κ2) is 11.3. The number of carbonyl (C=O) groups excluding carboxylic acids is 1. The van der Waals surface area contributed by atoms with Gasteiger partial charge in [0.15, 0.2) is 11.0 Å². The van der Waals surface area contributed by atoms with Gasteiger partial charge in [0.25, 0.3) is 5.91 Å². The predicted octanol–water partition coefficient (Wildman–Crippen LogP) is 6.48. The lowest BCUT2D eigenvalue weighted by atomic mass is 10.1. The molecule has 3 aromatic carbocycles. The Bertz CT molecular complexity index is 1410. The van der Waals surface area contributed by atoms with Crippen LogP contribution in [0, 0.1) is 6.92 Å². The molecule has 0 spiro atoms. The zero-order valence-electron chi connectivity index (χ0n) is 19.8. The highest BCUT2D eigenvalue weighted by atomic mass is 35.5. The average Bonchev–Trinajstić information content (AvgIpc) is 3.29. The van der Waals surface area contributed by atoms with E-state index in [-0.39, 0.29) is 12.1 Å². The van der Waals surface area contributed by atoms with Crippen LogP contribution < -0.4 is 10.1 Å². The second-order valence-electron chi connectivity index (χ2n) is 8.06. The number of carbonyl (C=O) groups is 1. The van der Waals surface area contributed by atoms with Crippen LogP contribution in [0.2, 0.25) is 5.02 Å². The number of nitrogens with one attached hydrogen (secondary N) is 1. The number of thioether (sulfide) groups is 1. The highest BCUT2D eigenvalue weighted by Crippen LogP contribution is 2.30. The number of benzene rings is 3. The Kier molecular flexibility index (Phi) is 8.09. The van der Waals surface area contributed by atoms with Crippen molar-refractivity contribution in [2.24, 2.45) is 0 Å². The number of aromatic nitrogens is 3. The van der Waals surface area contributed by atoms with Crippen molar-refractivity contribution in [3.05, 3.63) is 99.8 Å². The highest BCUT2D eigenvalue weighted by molar-refractivity contribution is 7.98. The lowest BCUT2D eigenvalue weighted by molar-refractivity contribution is -0.137. The third-order valence-corrected chi connectivity index (χ3v) is 6.73. The summed E-state index contributed by atoms with van der Waals surface area (Å²) in [6.45, 7) is 1.92. The summed E-state index contributed by atoms with van der Waals surface area (Å²) in [6, 6.07) is 17.1. The zero-order chi connectivity index (χ0) is 26.6. The molecule has 1 heterocycles. The highest BCUT2D eigenvalue weighted by Gasteiger charge is 2.30. The van der Waals surface area contributed by atoms with Crippen LogP contribution in [-0.2, 0) is 18.5 Å². The summed E-state index contributed by atoms with van der Waals surface area (Å²) in [5.74, 6) is 1.25. The van der Waals surface area contributed by atoms with Gasteiger partial charge in [-0.1, -0.05) is 41.6 Å². The fourth-order valence-corrected chi connectivity index (χ4v) is 4.63. The van der Waals surface area contributed by atoms with Crippen LogP contribution in [0.15, 0.2) is 71.9 Å². The first-order chi connectivity index (χ1) is 17.7. The monoisotopic (exact) mass is 546 g/mol. The molecule has 192 valence electrons. The van der Waals surface area contributed by atoms with Crippen molar-refractivity contribution in [1.82, 2.24) is 20.1 Å². The van der Waals surface area contributed by atoms with Crippen molar-refractivity contribution in [3.63, 3.8) is 0 Å². The van der Waals surface area contributed by atoms with Crippen molar-refractivity contribution in [3.8, 4) is 11.4 Å². The van der Waals surface area contributed by atoms with Crippen LogP contribution in [0.1, 0.15) is 32.9 Å². The molecular formula is C26H22ClF3N4O2S.